The summed E-state index contributed by atoms with van der Waals surface area (Å²) in [7, 11) is 0. The predicted molar refractivity (Wildman–Crippen MR) is 76.2 cm³/mol. The van der Waals surface area contributed by atoms with Gasteiger partial charge in [-0.1, -0.05) is 32.0 Å². The Morgan fingerprint density at radius 2 is 2.00 bits per heavy atom. The number of para-hydroxylation sites is 1. The number of ether oxygens (including phenoxy) is 1. The standard InChI is InChI=1S/C16H25NO/c1-3-13(2)15-6-4-5-7-16(15)18-12-14-8-10-17-11-9-14/h4-7,13-14,17H,3,8-12H2,1-2H3. The minimum Gasteiger partial charge on any atom is -0.493 e. The zero-order valence-electron chi connectivity index (χ0n) is 11.6. The van der Waals surface area contributed by atoms with Gasteiger partial charge in [0.1, 0.15) is 5.75 Å². The third-order valence-electron chi connectivity index (χ3n) is 4.00. The number of rotatable bonds is 5. The smallest absolute Gasteiger partial charge is 0.122 e. The maximum absolute atomic E-state index is 6.07. The zero-order valence-corrected chi connectivity index (χ0v) is 11.6. The van der Waals surface area contributed by atoms with E-state index in [0.29, 0.717) is 5.92 Å². The predicted octanol–water partition coefficient (Wildman–Crippen LogP) is 3.58. The summed E-state index contributed by atoms with van der Waals surface area (Å²) in [5, 5.41) is 3.40. The Hall–Kier alpha value is -1.02. The SMILES string of the molecule is CCC(C)c1ccccc1OCC1CCNCC1. The van der Waals surface area contributed by atoms with E-state index in [1.165, 1.54) is 18.4 Å². The lowest BCUT2D eigenvalue weighted by molar-refractivity contribution is 0.213. The molecule has 1 atom stereocenters. The lowest BCUT2D eigenvalue weighted by Crippen LogP contribution is -2.30. The Bertz CT molecular complexity index is 358. The van der Waals surface area contributed by atoms with Crippen molar-refractivity contribution in [2.24, 2.45) is 5.92 Å². The quantitative estimate of drug-likeness (QED) is 0.858. The van der Waals surface area contributed by atoms with Gasteiger partial charge in [0.25, 0.3) is 0 Å². The van der Waals surface area contributed by atoms with Gasteiger partial charge >= 0.3 is 0 Å². The first-order chi connectivity index (χ1) is 8.81. The molecule has 100 valence electrons. The summed E-state index contributed by atoms with van der Waals surface area (Å²) >= 11 is 0. The van der Waals surface area contributed by atoms with Crippen LogP contribution in [-0.4, -0.2) is 19.7 Å². The minimum absolute atomic E-state index is 0.578. The molecule has 1 heterocycles. The van der Waals surface area contributed by atoms with Gasteiger partial charge in [0.05, 0.1) is 6.61 Å². The van der Waals surface area contributed by atoms with Crippen molar-refractivity contribution >= 4 is 0 Å². The minimum atomic E-state index is 0.578. The van der Waals surface area contributed by atoms with Crippen molar-refractivity contribution in [2.75, 3.05) is 19.7 Å². The highest BCUT2D eigenvalue weighted by atomic mass is 16.5. The summed E-state index contributed by atoms with van der Waals surface area (Å²) in [6.07, 6.45) is 3.64. The van der Waals surface area contributed by atoms with Crippen LogP contribution in [-0.2, 0) is 0 Å². The molecule has 0 aromatic heterocycles. The molecule has 1 aliphatic heterocycles. The molecule has 2 heteroatoms. The monoisotopic (exact) mass is 247 g/mol. The van der Waals surface area contributed by atoms with Gasteiger partial charge in [-0.2, -0.15) is 0 Å². The molecule has 0 aliphatic carbocycles. The van der Waals surface area contributed by atoms with E-state index in [1.807, 2.05) is 0 Å². The maximum Gasteiger partial charge on any atom is 0.122 e. The number of hydrogen-bond donors (Lipinski definition) is 1. The van der Waals surface area contributed by atoms with Crippen molar-refractivity contribution in [3.63, 3.8) is 0 Å². The van der Waals surface area contributed by atoms with Crippen LogP contribution in [0.5, 0.6) is 5.75 Å². The van der Waals surface area contributed by atoms with Crippen LogP contribution in [0.3, 0.4) is 0 Å². The van der Waals surface area contributed by atoms with Crippen LogP contribution in [0.25, 0.3) is 0 Å². The first-order valence-electron chi connectivity index (χ1n) is 7.23. The molecule has 1 aromatic rings. The Morgan fingerprint density at radius 3 is 2.72 bits per heavy atom. The Morgan fingerprint density at radius 1 is 1.28 bits per heavy atom. The van der Waals surface area contributed by atoms with Crippen molar-refractivity contribution in [2.45, 2.75) is 39.0 Å². The second kappa shape index (κ2) is 6.79. The van der Waals surface area contributed by atoms with E-state index >= 15 is 0 Å². The summed E-state index contributed by atoms with van der Waals surface area (Å²) < 4.78 is 6.07. The topological polar surface area (TPSA) is 21.3 Å². The van der Waals surface area contributed by atoms with Crippen molar-refractivity contribution in [3.05, 3.63) is 29.8 Å². The number of hydrogen-bond acceptors (Lipinski definition) is 2. The Labute approximate surface area is 111 Å². The van der Waals surface area contributed by atoms with Crippen molar-refractivity contribution in [3.8, 4) is 5.75 Å². The van der Waals surface area contributed by atoms with Crippen LogP contribution < -0.4 is 10.1 Å². The van der Waals surface area contributed by atoms with Crippen LogP contribution in [0.2, 0.25) is 0 Å². The molecule has 1 aromatic carbocycles. The van der Waals surface area contributed by atoms with Gasteiger partial charge in [-0.3, -0.25) is 0 Å². The fourth-order valence-electron chi connectivity index (χ4n) is 2.50. The number of nitrogens with one attached hydrogen (secondary N) is 1. The van der Waals surface area contributed by atoms with Crippen molar-refractivity contribution in [1.29, 1.82) is 0 Å². The molecule has 0 bridgehead atoms. The van der Waals surface area contributed by atoms with Gasteiger partial charge in [-0.25, -0.2) is 0 Å². The molecule has 0 amide bonds. The molecule has 2 rings (SSSR count). The second-order valence-corrected chi connectivity index (χ2v) is 5.35. The average molecular weight is 247 g/mol. The first-order valence-corrected chi connectivity index (χ1v) is 7.23. The molecule has 18 heavy (non-hydrogen) atoms. The van der Waals surface area contributed by atoms with Gasteiger partial charge in [0.15, 0.2) is 0 Å². The molecule has 1 unspecified atom stereocenters. The summed E-state index contributed by atoms with van der Waals surface area (Å²) in [5.41, 5.74) is 1.36. The molecular formula is C16H25NO. The highest BCUT2D eigenvalue weighted by Gasteiger charge is 2.15. The molecule has 1 N–H and O–H groups in total. The van der Waals surface area contributed by atoms with Gasteiger partial charge in [-0.15, -0.1) is 0 Å². The third-order valence-corrected chi connectivity index (χ3v) is 4.00. The molecule has 2 nitrogen and oxygen atoms in total. The van der Waals surface area contributed by atoms with E-state index in [9.17, 15) is 0 Å². The van der Waals surface area contributed by atoms with Crippen LogP contribution >= 0.6 is 0 Å². The molecule has 1 fully saturated rings. The fraction of sp³-hybridized carbons (Fsp3) is 0.625. The highest BCUT2D eigenvalue weighted by molar-refractivity contribution is 5.35. The first kappa shape index (κ1) is 13.4. The lowest BCUT2D eigenvalue weighted by atomic mass is 9.97. The highest BCUT2D eigenvalue weighted by Crippen LogP contribution is 2.29. The number of piperidine rings is 1. The van der Waals surface area contributed by atoms with E-state index in [4.69, 9.17) is 4.74 Å². The second-order valence-electron chi connectivity index (χ2n) is 5.35. The molecule has 0 saturated carbocycles. The Balaban J connectivity index is 1.95. The van der Waals surface area contributed by atoms with Gasteiger partial charge in [0.2, 0.25) is 0 Å². The van der Waals surface area contributed by atoms with Gasteiger partial charge < -0.3 is 10.1 Å². The maximum atomic E-state index is 6.07. The van der Waals surface area contributed by atoms with Crippen molar-refractivity contribution in [1.82, 2.24) is 5.32 Å². The van der Waals surface area contributed by atoms with E-state index in [2.05, 4.69) is 43.4 Å². The number of benzene rings is 1. The van der Waals surface area contributed by atoms with Crippen LogP contribution in [0.1, 0.15) is 44.6 Å². The molecular weight excluding hydrogens is 222 g/mol. The third kappa shape index (κ3) is 3.49. The van der Waals surface area contributed by atoms with Gasteiger partial charge in [0, 0.05) is 0 Å². The largest absolute Gasteiger partial charge is 0.493 e. The van der Waals surface area contributed by atoms with Gasteiger partial charge in [-0.05, 0) is 55.8 Å². The van der Waals surface area contributed by atoms with Crippen molar-refractivity contribution < 1.29 is 4.74 Å². The summed E-state index contributed by atoms with van der Waals surface area (Å²) in [6.45, 7) is 7.65. The van der Waals surface area contributed by atoms with Crippen LogP contribution in [0.4, 0.5) is 0 Å². The van der Waals surface area contributed by atoms with Crippen LogP contribution in [0, 0.1) is 5.92 Å². The van der Waals surface area contributed by atoms with Crippen LogP contribution in [0.15, 0.2) is 24.3 Å². The summed E-state index contributed by atoms with van der Waals surface area (Å²) in [4.78, 5) is 0. The average Bonchev–Trinajstić information content (AvgIpc) is 2.45. The molecule has 1 saturated heterocycles. The normalized spacial score (nSPS) is 18.6. The van der Waals surface area contributed by atoms with E-state index < -0.39 is 0 Å². The lowest BCUT2D eigenvalue weighted by Gasteiger charge is -2.24. The van der Waals surface area contributed by atoms with E-state index in [1.54, 1.807) is 0 Å². The molecule has 1 aliphatic rings. The summed E-state index contributed by atoms with van der Waals surface area (Å²) in [6, 6.07) is 8.50. The van der Waals surface area contributed by atoms with E-state index in [-0.39, 0.29) is 0 Å². The fourth-order valence-corrected chi connectivity index (χ4v) is 2.50. The Kier molecular flexibility index (Phi) is 5.06. The zero-order chi connectivity index (χ0) is 12.8. The molecule has 0 spiro atoms. The van der Waals surface area contributed by atoms with E-state index in [0.717, 1.165) is 37.8 Å². The summed E-state index contributed by atoms with van der Waals surface area (Å²) in [5.74, 6) is 2.39. The molecule has 0 radical (unpaired) electrons.